The molecule has 5 heteroatoms. The standard InChI is InChI=1S/C16H16F3NS/c1-11-3-8-15(12(2)9-11)20-10-13-4-6-14(7-5-13)21-16(17,18)19/h3-9,20H,10H2,1-2H3. The number of benzene rings is 2. The second-order valence-electron chi connectivity index (χ2n) is 4.86. The predicted octanol–water partition coefficient (Wildman–Crippen LogP) is 5.53. The number of alkyl halides is 3. The van der Waals surface area contributed by atoms with Crippen LogP contribution in [-0.2, 0) is 6.54 Å². The van der Waals surface area contributed by atoms with Crippen LogP contribution in [0.25, 0.3) is 0 Å². The van der Waals surface area contributed by atoms with Crippen molar-refractivity contribution in [2.75, 3.05) is 5.32 Å². The molecule has 0 spiro atoms. The second-order valence-corrected chi connectivity index (χ2v) is 6.00. The first kappa shape index (κ1) is 15.8. The van der Waals surface area contributed by atoms with Gasteiger partial charge in [0.25, 0.3) is 0 Å². The maximum absolute atomic E-state index is 12.2. The first-order valence-electron chi connectivity index (χ1n) is 6.49. The van der Waals surface area contributed by atoms with Crippen molar-refractivity contribution < 1.29 is 13.2 Å². The number of nitrogens with one attached hydrogen (secondary N) is 1. The molecular formula is C16H16F3NS. The van der Waals surface area contributed by atoms with Crippen LogP contribution >= 0.6 is 11.8 Å². The van der Waals surface area contributed by atoms with Gasteiger partial charge in [0.15, 0.2) is 0 Å². The fourth-order valence-electron chi connectivity index (χ4n) is 2.02. The van der Waals surface area contributed by atoms with Crippen molar-refractivity contribution in [2.24, 2.45) is 0 Å². The van der Waals surface area contributed by atoms with Crippen LogP contribution in [0.1, 0.15) is 16.7 Å². The van der Waals surface area contributed by atoms with E-state index in [0.717, 1.165) is 16.8 Å². The number of hydrogen-bond acceptors (Lipinski definition) is 2. The van der Waals surface area contributed by atoms with Crippen molar-refractivity contribution in [3.8, 4) is 0 Å². The van der Waals surface area contributed by atoms with Crippen molar-refractivity contribution in [2.45, 2.75) is 30.8 Å². The highest BCUT2D eigenvalue weighted by molar-refractivity contribution is 8.00. The molecular weight excluding hydrogens is 295 g/mol. The van der Waals surface area contributed by atoms with E-state index in [1.54, 1.807) is 12.1 Å². The average molecular weight is 311 g/mol. The zero-order valence-electron chi connectivity index (χ0n) is 11.8. The molecule has 2 aromatic carbocycles. The maximum Gasteiger partial charge on any atom is 0.446 e. The van der Waals surface area contributed by atoms with Gasteiger partial charge in [-0.25, -0.2) is 0 Å². The van der Waals surface area contributed by atoms with Crippen LogP contribution in [0.3, 0.4) is 0 Å². The molecule has 0 aliphatic carbocycles. The Labute approximate surface area is 126 Å². The quantitative estimate of drug-likeness (QED) is 0.745. The van der Waals surface area contributed by atoms with Gasteiger partial charge in [-0.15, -0.1) is 0 Å². The Bertz CT molecular complexity index is 606. The SMILES string of the molecule is Cc1ccc(NCc2ccc(SC(F)(F)F)cc2)c(C)c1. The van der Waals surface area contributed by atoms with Crippen LogP contribution in [-0.4, -0.2) is 5.51 Å². The monoisotopic (exact) mass is 311 g/mol. The van der Waals surface area contributed by atoms with E-state index in [2.05, 4.69) is 11.4 Å². The second kappa shape index (κ2) is 6.43. The molecule has 0 saturated carbocycles. The number of anilines is 1. The molecule has 0 saturated heterocycles. The molecule has 21 heavy (non-hydrogen) atoms. The van der Waals surface area contributed by atoms with E-state index in [0.29, 0.717) is 6.54 Å². The Balaban J connectivity index is 1.97. The minimum absolute atomic E-state index is 0.0924. The molecule has 0 unspecified atom stereocenters. The lowest BCUT2D eigenvalue weighted by molar-refractivity contribution is -0.0328. The van der Waals surface area contributed by atoms with Gasteiger partial charge in [-0.1, -0.05) is 29.8 Å². The van der Waals surface area contributed by atoms with Gasteiger partial charge in [0.05, 0.1) is 0 Å². The van der Waals surface area contributed by atoms with Gasteiger partial charge in [0.1, 0.15) is 0 Å². The summed E-state index contributed by atoms with van der Waals surface area (Å²) in [6, 6.07) is 12.5. The average Bonchev–Trinajstić information content (AvgIpc) is 2.38. The lowest BCUT2D eigenvalue weighted by atomic mass is 10.1. The molecule has 2 aromatic rings. The zero-order chi connectivity index (χ0) is 15.5. The third-order valence-electron chi connectivity index (χ3n) is 3.02. The molecule has 2 rings (SSSR count). The van der Waals surface area contributed by atoms with E-state index in [9.17, 15) is 13.2 Å². The van der Waals surface area contributed by atoms with Gasteiger partial charge >= 0.3 is 5.51 Å². The number of hydrogen-bond donors (Lipinski definition) is 1. The van der Waals surface area contributed by atoms with E-state index >= 15 is 0 Å². The molecule has 1 N–H and O–H groups in total. The van der Waals surface area contributed by atoms with Crippen LogP contribution < -0.4 is 5.32 Å². The molecule has 0 aliphatic heterocycles. The maximum atomic E-state index is 12.2. The van der Waals surface area contributed by atoms with Gasteiger partial charge in [-0.3, -0.25) is 0 Å². The summed E-state index contributed by atoms with van der Waals surface area (Å²) < 4.78 is 36.7. The van der Waals surface area contributed by atoms with Gasteiger partial charge in [-0.05, 0) is 54.9 Å². The summed E-state index contributed by atoms with van der Waals surface area (Å²) in [5.41, 5.74) is 0.0976. The van der Waals surface area contributed by atoms with Crippen LogP contribution in [0.5, 0.6) is 0 Å². The Hall–Kier alpha value is -1.62. The molecule has 0 radical (unpaired) electrons. The number of aryl methyl sites for hydroxylation is 2. The molecule has 0 aliphatic rings. The highest BCUT2D eigenvalue weighted by atomic mass is 32.2. The Kier molecular flexibility index (Phi) is 4.83. The molecule has 112 valence electrons. The summed E-state index contributed by atoms with van der Waals surface area (Å²) in [5.74, 6) is 0. The van der Waals surface area contributed by atoms with Crippen molar-refractivity contribution in [3.05, 3.63) is 59.2 Å². The van der Waals surface area contributed by atoms with E-state index in [4.69, 9.17) is 0 Å². The first-order valence-corrected chi connectivity index (χ1v) is 7.31. The third-order valence-corrected chi connectivity index (χ3v) is 3.76. The zero-order valence-corrected chi connectivity index (χ0v) is 12.6. The lowest BCUT2D eigenvalue weighted by Crippen LogP contribution is -2.02. The minimum atomic E-state index is -4.24. The topological polar surface area (TPSA) is 12.0 Å². The highest BCUT2D eigenvalue weighted by Gasteiger charge is 2.28. The normalized spacial score (nSPS) is 11.5. The van der Waals surface area contributed by atoms with E-state index < -0.39 is 5.51 Å². The fraction of sp³-hybridized carbons (Fsp3) is 0.250. The lowest BCUT2D eigenvalue weighted by Gasteiger charge is -2.11. The van der Waals surface area contributed by atoms with Crippen molar-refractivity contribution in [1.29, 1.82) is 0 Å². The van der Waals surface area contributed by atoms with Gasteiger partial charge in [-0.2, -0.15) is 13.2 Å². The summed E-state index contributed by atoms with van der Waals surface area (Å²) in [6.07, 6.45) is 0. The Morgan fingerprint density at radius 2 is 1.67 bits per heavy atom. The van der Waals surface area contributed by atoms with Gasteiger partial charge in [0, 0.05) is 17.1 Å². The summed E-state index contributed by atoms with van der Waals surface area (Å²) in [6.45, 7) is 4.65. The molecule has 0 fully saturated rings. The van der Waals surface area contributed by atoms with Gasteiger partial charge in [0.2, 0.25) is 0 Å². The minimum Gasteiger partial charge on any atom is -0.381 e. The molecule has 0 amide bonds. The highest BCUT2D eigenvalue weighted by Crippen LogP contribution is 2.36. The summed E-state index contributed by atoms with van der Waals surface area (Å²) in [4.78, 5) is 0.206. The molecule has 1 nitrogen and oxygen atoms in total. The predicted molar refractivity (Wildman–Crippen MR) is 81.6 cm³/mol. The summed E-state index contributed by atoms with van der Waals surface area (Å²) >= 11 is -0.0924. The summed E-state index contributed by atoms with van der Waals surface area (Å²) in [7, 11) is 0. The largest absolute Gasteiger partial charge is 0.446 e. The Morgan fingerprint density at radius 1 is 1.00 bits per heavy atom. The summed E-state index contributed by atoms with van der Waals surface area (Å²) in [5, 5.41) is 3.30. The molecule has 0 heterocycles. The Morgan fingerprint density at radius 3 is 2.24 bits per heavy atom. The molecule has 0 bridgehead atoms. The smallest absolute Gasteiger partial charge is 0.381 e. The molecule has 0 aromatic heterocycles. The van der Waals surface area contributed by atoms with E-state index in [1.807, 2.05) is 26.0 Å². The van der Waals surface area contributed by atoms with Crippen LogP contribution in [0, 0.1) is 13.8 Å². The number of rotatable bonds is 4. The van der Waals surface area contributed by atoms with Gasteiger partial charge < -0.3 is 5.32 Å². The van der Waals surface area contributed by atoms with Crippen molar-refractivity contribution in [3.63, 3.8) is 0 Å². The number of halogens is 3. The number of thioether (sulfide) groups is 1. The van der Waals surface area contributed by atoms with Crippen molar-refractivity contribution >= 4 is 17.4 Å². The fourth-order valence-corrected chi connectivity index (χ4v) is 2.56. The third kappa shape index (κ3) is 5.01. The van der Waals surface area contributed by atoms with Crippen LogP contribution in [0.4, 0.5) is 18.9 Å². The van der Waals surface area contributed by atoms with Crippen molar-refractivity contribution in [1.82, 2.24) is 0 Å². The first-order chi connectivity index (χ1) is 9.83. The molecule has 0 atom stereocenters. The van der Waals surface area contributed by atoms with E-state index in [1.165, 1.54) is 17.7 Å². The van der Waals surface area contributed by atoms with E-state index in [-0.39, 0.29) is 16.7 Å². The van der Waals surface area contributed by atoms with Crippen LogP contribution in [0.2, 0.25) is 0 Å². The van der Waals surface area contributed by atoms with Crippen LogP contribution in [0.15, 0.2) is 47.4 Å².